The van der Waals surface area contributed by atoms with E-state index in [1.807, 2.05) is 12.1 Å². The predicted molar refractivity (Wildman–Crippen MR) is 59.6 cm³/mol. The molecule has 0 bridgehead atoms. The number of Topliss-reactive ketones (excluding diaryl/α,β-unsaturated/α-hetero) is 1. The van der Waals surface area contributed by atoms with E-state index >= 15 is 0 Å². The number of hydrogen-bond donors (Lipinski definition) is 1. The van der Waals surface area contributed by atoms with E-state index in [2.05, 4.69) is 20.8 Å². The van der Waals surface area contributed by atoms with Gasteiger partial charge in [0.25, 0.3) is 0 Å². The maximum absolute atomic E-state index is 11.3. The third kappa shape index (κ3) is 1.95. The standard InChI is InChI=1S/C12H17NO/c1-8(14)9-6-5-7-10(11(9)13)12(2,3)4/h5-7H,13H2,1-4H3. The summed E-state index contributed by atoms with van der Waals surface area (Å²) < 4.78 is 0. The molecule has 0 fully saturated rings. The molecule has 0 aliphatic carbocycles. The average Bonchev–Trinajstić information content (AvgIpc) is 2.01. The fraction of sp³-hybridized carbons (Fsp3) is 0.417. The van der Waals surface area contributed by atoms with Crippen LogP contribution in [0.4, 0.5) is 5.69 Å². The maximum Gasteiger partial charge on any atom is 0.161 e. The molecular weight excluding hydrogens is 174 g/mol. The van der Waals surface area contributed by atoms with Gasteiger partial charge in [0.1, 0.15) is 0 Å². The minimum absolute atomic E-state index is 0.0183. The summed E-state index contributed by atoms with van der Waals surface area (Å²) in [6, 6.07) is 5.63. The summed E-state index contributed by atoms with van der Waals surface area (Å²) >= 11 is 0. The summed E-state index contributed by atoms with van der Waals surface area (Å²) in [5.74, 6) is 0.0219. The first-order valence-corrected chi connectivity index (χ1v) is 4.74. The van der Waals surface area contributed by atoms with Crippen molar-refractivity contribution in [1.82, 2.24) is 0 Å². The second kappa shape index (κ2) is 3.45. The number of nitrogen functional groups attached to an aromatic ring is 1. The molecule has 0 amide bonds. The maximum atomic E-state index is 11.3. The molecule has 2 N–H and O–H groups in total. The van der Waals surface area contributed by atoms with Crippen molar-refractivity contribution in [2.45, 2.75) is 33.1 Å². The van der Waals surface area contributed by atoms with Crippen LogP contribution in [0, 0.1) is 0 Å². The van der Waals surface area contributed by atoms with E-state index in [0.717, 1.165) is 5.56 Å². The van der Waals surface area contributed by atoms with Gasteiger partial charge < -0.3 is 5.73 Å². The second-order valence-corrected chi connectivity index (χ2v) is 4.57. The zero-order chi connectivity index (χ0) is 10.9. The van der Waals surface area contributed by atoms with Crippen LogP contribution < -0.4 is 5.73 Å². The van der Waals surface area contributed by atoms with Crippen LogP contribution in [-0.2, 0) is 5.41 Å². The number of hydrogen-bond acceptors (Lipinski definition) is 2. The second-order valence-electron chi connectivity index (χ2n) is 4.57. The first-order valence-electron chi connectivity index (χ1n) is 4.74. The first kappa shape index (κ1) is 10.8. The van der Waals surface area contributed by atoms with E-state index in [1.165, 1.54) is 6.92 Å². The molecule has 0 radical (unpaired) electrons. The average molecular weight is 191 g/mol. The molecule has 76 valence electrons. The van der Waals surface area contributed by atoms with Gasteiger partial charge in [0.2, 0.25) is 0 Å². The zero-order valence-corrected chi connectivity index (χ0v) is 9.22. The number of para-hydroxylation sites is 1. The molecule has 0 aromatic heterocycles. The third-order valence-electron chi connectivity index (χ3n) is 2.29. The Morgan fingerprint density at radius 3 is 2.29 bits per heavy atom. The lowest BCUT2D eigenvalue weighted by atomic mass is 9.84. The normalized spacial score (nSPS) is 11.4. The van der Waals surface area contributed by atoms with Crippen LogP contribution in [0.1, 0.15) is 43.6 Å². The van der Waals surface area contributed by atoms with Gasteiger partial charge in [0.15, 0.2) is 5.78 Å². The highest BCUT2D eigenvalue weighted by Crippen LogP contribution is 2.29. The molecule has 0 saturated carbocycles. The Balaban J connectivity index is 3.35. The van der Waals surface area contributed by atoms with E-state index in [-0.39, 0.29) is 11.2 Å². The van der Waals surface area contributed by atoms with Crippen molar-refractivity contribution < 1.29 is 4.79 Å². The minimum atomic E-state index is -0.0183. The van der Waals surface area contributed by atoms with Crippen LogP contribution in [0.2, 0.25) is 0 Å². The highest BCUT2D eigenvalue weighted by atomic mass is 16.1. The summed E-state index contributed by atoms with van der Waals surface area (Å²) in [6.45, 7) is 7.80. The van der Waals surface area contributed by atoms with E-state index in [0.29, 0.717) is 11.3 Å². The molecular formula is C12H17NO. The Morgan fingerprint density at radius 1 is 1.29 bits per heavy atom. The van der Waals surface area contributed by atoms with Gasteiger partial charge in [-0.2, -0.15) is 0 Å². The first-order chi connectivity index (χ1) is 6.34. The fourth-order valence-corrected chi connectivity index (χ4v) is 1.53. The number of benzene rings is 1. The van der Waals surface area contributed by atoms with Crippen molar-refractivity contribution in [1.29, 1.82) is 0 Å². The Morgan fingerprint density at radius 2 is 1.86 bits per heavy atom. The van der Waals surface area contributed by atoms with Gasteiger partial charge in [-0.05, 0) is 24.0 Å². The molecule has 0 unspecified atom stereocenters. The molecule has 0 aliphatic rings. The van der Waals surface area contributed by atoms with Crippen molar-refractivity contribution in [3.8, 4) is 0 Å². The number of carbonyl (C=O) groups excluding carboxylic acids is 1. The Bertz CT molecular complexity index is 361. The number of nitrogens with two attached hydrogens (primary N) is 1. The topological polar surface area (TPSA) is 43.1 Å². The van der Waals surface area contributed by atoms with Gasteiger partial charge in [-0.1, -0.05) is 32.9 Å². The van der Waals surface area contributed by atoms with Gasteiger partial charge in [-0.3, -0.25) is 4.79 Å². The van der Waals surface area contributed by atoms with Crippen LogP contribution in [-0.4, -0.2) is 5.78 Å². The van der Waals surface area contributed by atoms with E-state index in [4.69, 9.17) is 5.73 Å². The summed E-state index contributed by atoms with van der Waals surface area (Å²) in [5, 5.41) is 0. The highest BCUT2D eigenvalue weighted by molar-refractivity contribution is 5.99. The van der Waals surface area contributed by atoms with Gasteiger partial charge in [-0.15, -0.1) is 0 Å². The van der Waals surface area contributed by atoms with Crippen LogP contribution in [0.25, 0.3) is 0 Å². The summed E-state index contributed by atoms with van der Waals surface area (Å²) in [6.07, 6.45) is 0. The Kier molecular flexibility index (Phi) is 2.65. The number of carbonyl (C=O) groups is 1. The molecule has 2 heteroatoms. The Hall–Kier alpha value is -1.31. The van der Waals surface area contributed by atoms with Crippen molar-refractivity contribution in [3.05, 3.63) is 29.3 Å². The smallest absolute Gasteiger partial charge is 0.161 e. The van der Waals surface area contributed by atoms with E-state index in [9.17, 15) is 4.79 Å². The summed E-state index contributed by atoms with van der Waals surface area (Å²) in [7, 11) is 0. The van der Waals surface area contributed by atoms with Crippen molar-refractivity contribution in [2.75, 3.05) is 5.73 Å². The lowest BCUT2D eigenvalue weighted by Gasteiger charge is -2.22. The number of rotatable bonds is 1. The molecule has 1 rings (SSSR count). The molecule has 1 aromatic rings. The van der Waals surface area contributed by atoms with Crippen molar-refractivity contribution in [3.63, 3.8) is 0 Å². The predicted octanol–water partition coefficient (Wildman–Crippen LogP) is 2.77. The zero-order valence-electron chi connectivity index (χ0n) is 9.22. The van der Waals surface area contributed by atoms with Gasteiger partial charge >= 0.3 is 0 Å². The summed E-state index contributed by atoms with van der Waals surface area (Å²) in [4.78, 5) is 11.3. The van der Waals surface area contributed by atoms with Crippen LogP contribution in [0.15, 0.2) is 18.2 Å². The largest absolute Gasteiger partial charge is 0.398 e. The highest BCUT2D eigenvalue weighted by Gasteiger charge is 2.19. The molecule has 2 nitrogen and oxygen atoms in total. The molecule has 0 spiro atoms. The SMILES string of the molecule is CC(=O)c1cccc(C(C)(C)C)c1N. The van der Waals surface area contributed by atoms with E-state index < -0.39 is 0 Å². The molecule has 0 aliphatic heterocycles. The van der Waals surface area contributed by atoms with Crippen LogP contribution in [0.5, 0.6) is 0 Å². The Labute approximate surface area is 85.1 Å². The fourth-order valence-electron chi connectivity index (χ4n) is 1.53. The molecule has 0 heterocycles. The van der Waals surface area contributed by atoms with Gasteiger partial charge in [-0.25, -0.2) is 0 Å². The quantitative estimate of drug-likeness (QED) is 0.548. The number of ketones is 1. The minimum Gasteiger partial charge on any atom is -0.398 e. The summed E-state index contributed by atoms with van der Waals surface area (Å²) in [5.41, 5.74) is 8.20. The molecule has 14 heavy (non-hydrogen) atoms. The third-order valence-corrected chi connectivity index (χ3v) is 2.29. The lowest BCUT2D eigenvalue weighted by molar-refractivity contribution is 0.101. The van der Waals surface area contributed by atoms with Crippen molar-refractivity contribution >= 4 is 11.5 Å². The molecule has 0 saturated heterocycles. The molecule has 0 atom stereocenters. The van der Waals surface area contributed by atoms with E-state index in [1.54, 1.807) is 6.07 Å². The number of anilines is 1. The van der Waals surface area contributed by atoms with Gasteiger partial charge in [0.05, 0.1) is 0 Å². The lowest BCUT2D eigenvalue weighted by Crippen LogP contribution is -2.15. The molecule has 1 aromatic carbocycles. The monoisotopic (exact) mass is 191 g/mol. The van der Waals surface area contributed by atoms with Gasteiger partial charge in [0, 0.05) is 11.3 Å². The van der Waals surface area contributed by atoms with Crippen LogP contribution in [0.3, 0.4) is 0 Å². The van der Waals surface area contributed by atoms with Crippen LogP contribution >= 0.6 is 0 Å². The van der Waals surface area contributed by atoms with Crippen molar-refractivity contribution in [2.24, 2.45) is 0 Å².